The van der Waals surface area contributed by atoms with Gasteiger partial charge in [-0.2, -0.15) is 0 Å². The van der Waals surface area contributed by atoms with Crippen LogP contribution in [0, 0.1) is 23.7 Å². The number of alkyl halides is 2. The number of aliphatic carboxylic acids is 1. The van der Waals surface area contributed by atoms with Crippen LogP contribution in [0.4, 0.5) is 0 Å². The zero-order chi connectivity index (χ0) is 37.9. The molecule has 2 aliphatic carbocycles. The van der Waals surface area contributed by atoms with E-state index < -0.39 is 5.97 Å². The Morgan fingerprint density at radius 1 is 0.538 bits per heavy atom. The van der Waals surface area contributed by atoms with Gasteiger partial charge in [-0.1, -0.05) is 206 Å². The third-order valence-corrected chi connectivity index (χ3v) is 13.3. The van der Waals surface area contributed by atoms with Crippen molar-refractivity contribution in [2.24, 2.45) is 23.7 Å². The molecular weight excluding hydrogens is 776 g/mol. The molecule has 2 saturated carbocycles. The third kappa shape index (κ3) is 26.7. The maximum absolute atomic E-state index is 12.3. The Hall–Kier alpha value is -0.100. The minimum absolute atomic E-state index is 0.0621. The standard InChI is InChI=1S/2C23H43BrO2/c1-2-3-4-5-7-13-18-22(21-16-11-10-12-17-21)26-23(25)19-14-8-6-9-15-20-24;1-2-3-4-5-6-12-17-21(20-15-10-9-11-16-20)22(23(25)26)18-13-7-8-14-19-24/h21-22H,2-20H2,1H3;20-22H,2-19H2,1H3,(H,25,26). The number of carboxylic acids is 1. The van der Waals surface area contributed by atoms with Crippen molar-refractivity contribution in [2.75, 3.05) is 10.7 Å². The lowest BCUT2D eigenvalue weighted by Gasteiger charge is -2.34. The second-order valence-electron chi connectivity index (χ2n) is 16.6. The van der Waals surface area contributed by atoms with E-state index in [1.807, 2.05) is 0 Å². The minimum Gasteiger partial charge on any atom is -0.481 e. The summed E-state index contributed by atoms with van der Waals surface area (Å²) in [5.41, 5.74) is 0. The molecule has 2 fully saturated rings. The van der Waals surface area contributed by atoms with Crippen LogP contribution < -0.4 is 0 Å². The first-order valence-electron chi connectivity index (χ1n) is 23.0. The molecule has 308 valence electrons. The van der Waals surface area contributed by atoms with Crippen LogP contribution in [0.2, 0.25) is 0 Å². The summed E-state index contributed by atoms with van der Waals surface area (Å²) >= 11 is 6.96. The van der Waals surface area contributed by atoms with Crippen molar-refractivity contribution in [2.45, 2.75) is 245 Å². The molecule has 0 aromatic heterocycles. The molecule has 0 bridgehead atoms. The van der Waals surface area contributed by atoms with Gasteiger partial charge in [0.05, 0.1) is 5.92 Å². The number of unbranched alkanes of at least 4 members (excludes halogenated alkanes) is 17. The van der Waals surface area contributed by atoms with E-state index in [0.29, 0.717) is 24.2 Å². The van der Waals surface area contributed by atoms with E-state index in [4.69, 9.17) is 4.74 Å². The first-order chi connectivity index (χ1) is 25.5. The summed E-state index contributed by atoms with van der Waals surface area (Å²) in [5.74, 6) is 1.16. The van der Waals surface area contributed by atoms with Crippen LogP contribution in [-0.4, -0.2) is 33.8 Å². The maximum Gasteiger partial charge on any atom is 0.306 e. The summed E-state index contributed by atoms with van der Waals surface area (Å²) in [4.78, 5) is 24.4. The van der Waals surface area contributed by atoms with Crippen LogP contribution in [0.1, 0.15) is 239 Å². The predicted octanol–water partition coefficient (Wildman–Crippen LogP) is 15.9. The number of carbonyl (C=O) groups excluding carboxylic acids is 1. The number of carboxylic acid groups (broad SMARTS) is 1. The lowest BCUT2D eigenvalue weighted by molar-refractivity contribution is -0.153. The summed E-state index contributed by atoms with van der Waals surface area (Å²) in [7, 11) is 0. The molecule has 0 radical (unpaired) electrons. The Morgan fingerprint density at radius 2 is 0.962 bits per heavy atom. The zero-order valence-electron chi connectivity index (χ0n) is 34.5. The Labute approximate surface area is 340 Å². The zero-order valence-corrected chi connectivity index (χ0v) is 37.6. The van der Waals surface area contributed by atoms with Crippen LogP contribution in [0.3, 0.4) is 0 Å². The molecule has 0 aromatic rings. The number of hydrogen-bond donors (Lipinski definition) is 1. The summed E-state index contributed by atoms with van der Waals surface area (Å²) in [6, 6.07) is 0. The molecule has 3 unspecified atom stereocenters. The van der Waals surface area contributed by atoms with Crippen molar-refractivity contribution in [3.8, 4) is 0 Å². The number of hydrogen-bond acceptors (Lipinski definition) is 3. The van der Waals surface area contributed by atoms with Gasteiger partial charge >= 0.3 is 11.9 Å². The first-order valence-corrected chi connectivity index (χ1v) is 25.3. The highest BCUT2D eigenvalue weighted by Gasteiger charge is 2.34. The average Bonchev–Trinajstić information content (AvgIpc) is 3.16. The molecule has 0 amide bonds. The molecule has 6 heteroatoms. The van der Waals surface area contributed by atoms with Crippen molar-refractivity contribution in [3.63, 3.8) is 0 Å². The molecule has 2 aliphatic rings. The average molecular weight is 863 g/mol. The van der Waals surface area contributed by atoms with E-state index in [0.717, 1.165) is 49.2 Å². The Morgan fingerprint density at radius 3 is 1.46 bits per heavy atom. The van der Waals surface area contributed by atoms with Crippen LogP contribution in [0.25, 0.3) is 0 Å². The molecule has 0 heterocycles. The summed E-state index contributed by atoms with van der Waals surface area (Å²) < 4.78 is 6.00. The van der Waals surface area contributed by atoms with Gasteiger partial charge in [0.15, 0.2) is 0 Å². The molecule has 2 rings (SSSR count). The van der Waals surface area contributed by atoms with E-state index in [-0.39, 0.29) is 18.0 Å². The fourth-order valence-corrected chi connectivity index (χ4v) is 9.76. The normalized spacial score (nSPS) is 17.2. The minimum atomic E-state index is -0.521. The predicted molar refractivity (Wildman–Crippen MR) is 232 cm³/mol. The maximum atomic E-state index is 12.3. The fraction of sp³-hybridized carbons (Fsp3) is 0.957. The number of carbonyl (C=O) groups is 2. The molecule has 0 aliphatic heterocycles. The van der Waals surface area contributed by atoms with Crippen molar-refractivity contribution in [1.82, 2.24) is 0 Å². The molecule has 3 atom stereocenters. The van der Waals surface area contributed by atoms with Crippen LogP contribution >= 0.6 is 31.9 Å². The van der Waals surface area contributed by atoms with Gasteiger partial charge in [-0.3, -0.25) is 9.59 Å². The van der Waals surface area contributed by atoms with Gasteiger partial charge in [0.1, 0.15) is 6.10 Å². The summed E-state index contributed by atoms with van der Waals surface area (Å²) in [6.45, 7) is 4.52. The number of rotatable bonds is 32. The molecule has 52 heavy (non-hydrogen) atoms. The van der Waals surface area contributed by atoms with Gasteiger partial charge in [0, 0.05) is 17.1 Å². The van der Waals surface area contributed by atoms with Crippen molar-refractivity contribution in [3.05, 3.63) is 0 Å². The van der Waals surface area contributed by atoms with Gasteiger partial charge < -0.3 is 9.84 Å². The van der Waals surface area contributed by atoms with Gasteiger partial charge in [-0.05, 0) is 75.5 Å². The highest BCUT2D eigenvalue weighted by atomic mass is 79.9. The van der Waals surface area contributed by atoms with Crippen molar-refractivity contribution in [1.29, 1.82) is 0 Å². The van der Waals surface area contributed by atoms with E-state index in [1.54, 1.807) is 0 Å². The highest BCUT2D eigenvalue weighted by Crippen LogP contribution is 2.39. The molecule has 0 aromatic carbocycles. The Bertz CT molecular complexity index is 793. The van der Waals surface area contributed by atoms with Crippen molar-refractivity contribution >= 4 is 43.8 Å². The molecule has 4 nitrogen and oxygen atoms in total. The Balaban J connectivity index is 0.000000520. The van der Waals surface area contributed by atoms with Gasteiger partial charge in [-0.15, -0.1) is 0 Å². The smallest absolute Gasteiger partial charge is 0.306 e. The first kappa shape index (κ1) is 49.9. The molecular formula is C46H86Br2O4. The third-order valence-electron chi connectivity index (χ3n) is 12.2. The van der Waals surface area contributed by atoms with E-state index >= 15 is 0 Å². The summed E-state index contributed by atoms with van der Waals surface area (Å²) in [6.07, 6.45) is 43.4. The van der Waals surface area contributed by atoms with Gasteiger partial charge in [0.25, 0.3) is 0 Å². The van der Waals surface area contributed by atoms with Crippen LogP contribution in [0.5, 0.6) is 0 Å². The van der Waals surface area contributed by atoms with Crippen LogP contribution in [-0.2, 0) is 14.3 Å². The number of halogens is 2. The summed E-state index contributed by atoms with van der Waals surface area (Å²) in [5, 5.41) is 12.1. The molecule has 0 saturated heterocycles. The lowest BCUT2D eigenvalue weighted by atomic mass is 9.70. The van der Waals surface area contributed by atoms with E-state index in [9.17, 15) is 14.7 Å². The fourth-order valence-electron chi connectivity index (χ4n) is 8.97. The number of esters is 1. The second-order valence-corrected chi connectivity index (χ2v) is 18.2. The Kier molecular flexibility index (Phi) is 35.1. The number of ether oxygens (including phenoxy) is 1. The molecule has 1 N–H and O–H groups in total. The largest absolute Gasteiger partial charge is 0.481 e. The monoisotopic (exact) mass is 860 g/mol. The SMILES string of the molecule is CCCCCCCCC(C1CCCCC1)C(CCCCCCBr)C(=O)O.CCCCCCCCC(OC(=O)CCCCCCCBr)C1CCCCC1. The van der Waals surface area contributed by atoms with E-state index in [2.05, 4.69) is 45.7 Å². The van der Waals surface area contributed by atoms with Gasteiger partial charge in [0.2, 0.25) is 0 Å². The molecule has 0 spiro atoms. The topological polar surface area (TPSA) is 63.6 Å². The highest BCUT2D eigenvalue weighted by molar-refractivity contribution is 9.09. The van der Waals surface area contributed by atoms with E-state index in [1.165, 1.54) is 180 Å². The lowest BCUT2D eigenvalue weighted by Crippen LogP contribution is -2.31. The quantitative estimate of drug-likeness (QED) is 0.0416. The second kappa shape index (κ2) is 36.5. The van der Waals surface area contributed by atoms with Crippen molar-refractivity contribution < 1.29 is 19.4 Å². The van der Waals surface area contributed by atoms with Crippen LogP contribution in [0.15, 0.2) is 0 Å². The van der Waals surface area contributed by atoms with Gasteiger partial charge in [-0.25, -0.2) is 0 Å².